The Morgan fingerprint density at radius 3 is 2.36 bits per heavy atom. The zero-order valence-corrected chi connectivity index (χ0v) is 16.5. The van der Waals surface area contributed by atoms with E-state index in [4.69, 9.17) is 0 Å². The summed E-state index contributed by atoms with van der Waals surface area (Å²) in [5.74, 6) is 0.0526. The van der Waals surface area contributed by atoms with Gasteiger partial charge in [0.2, 0.25) is 5.91 Å². The first-order chi connectivity index (χ1) is 13.4. The highest BCUT2D eigenvalue weighted by Gasteiger charge is 2.24. The van der Waals surface area contributed by atoms with Crippen molar-refractivity contribution in [1.82, 2.24) is 19.2 Å². The quantitative estimate of drug-likeness (QED) is 0.691. The average Bonchev–Trinajstić information content (AvgIpc) is 3.02. The lowest BCUT2D eigenvalue weighted by Gasteiger charge is -2.34. The molecule has 2 amide bonds. The topological polar surface area (TPSA) is 57.9 Å². The van der Waals surface area contributed by atoms with Crippen LogP contribution in [0.25, 0.3) is 16.9 Å². The third-order valence-electron chi connectivity index (χ3n) is 5.34. The van der Waals surface area contributed by atoms with Crippen molar-refractivity contribution in [2.24, 2.45) is 0 Å². The van der Waals surface area contributed by atoms with Crippen LogP contribution in [0, 0.1) is 13.8 Å². The molecule has 1 aliphatic rings. The van der Waals surface area contributed by atoms with Gasteiger partial charge in [0, 0.05) is 44.9 Å². The van der Waals surface area contributed by atoms with E-state index in [1.54, 1.807) is 11.8 Å². The molecule has 0 spiro atoms. The van der Waals surface area contributed by atoms with Crippen LogP contribution in [0.2, 0.25) is 0 Å². The number of nitrogens with zero attached hydrogens (tertiary/aromatic N) is 4. The van der Waals surface area contributed by atoms with Gasteiger partial charge in [-0.2, -0.15) is 0 Å². The molecule has 6 nitrogen and oxygen atoms in total. The number of aryl methyl sites for hydroxylation is 2. The number of carbonyl (C=O) groups excluding carboxylic acids is 2. The summed E-state index contributed by atoms with van der Waals surface area (Å²) in [6.07, 6.45) is 1.88. The van der Waals surface area contributed by atoms with Crippen molar-refractivity contribution >= 4 is 17.5 Å². The van der Waals surface area contributed by atoms with Gasteiger partial charge in [0.05, 0.1) is 17.0 Å². The summed E-state index contributed by atoms with van der Waals surface area (Å²) < 4.78 is 2.00. The minimum Gasteiger partial charge on any atom is -0.339 e. The number of benzene rings is 1. The third kappa shape index (κ3) is 3.26. The van der Waals surface area contributed by atoms with Gasteiger partial charge in [-0.3, -0.25) is 14.0 Å². The predicted octanol–water partition coefficient (Wildman–Crippen LogP) is 2.92. The minimum atomic E-state index is -0.00773. The minimum absolute atomic E-state index is 0.00773. The molecule has 3 aromatic rings. The molecule has 0 unspecified atom stereocenters. The zero-order chi connectivity index (χ0) is 19.8. The van der Waals surface area contributed by atoms with Crippen LogP contribution in [0.15, 0.2) is 42.6 Å². The van der Waals surface area contributed by atoms with Crippen molar-refractivity contribution < 1.29 is 9.59 Å². The molecule has 1 aromatic carbocycles. The second-order valence-electron chi connectivity index (χ2n) is 7.36. The van der Waals surface area contributed by atoms with Crippen molar-refractivity contribution in [3.63, 3.8) is 0 Å². The number of hydrogen-bond acceptors (Lipinski definition) is 3. The second kappa shape index (κ2) is 7.11. The van der Waals surface area contributed by atoms with Crippen LogP contribution < -0.4 is 0 Å². The lowest BCUT2D eigenvalue weighted by atomic mass is 10.1. The van der Waals surface area contributed by atoms with Gasteiger partial charge < -0.3 is 9.80 Å². The monoisotopic (exact) mass is 376 g/mol. The first-order valence-corrected chi connectivity index (χ1v) is 9.54. The first kappa shape index (κ1) is 18.2. The molecule has 0 N–H and O–H groups in total. The van der Waals surface area contributed by atoms with E-state index < -0.39 is 0 Å². The number of fused-ring (bicyclic) bond motifs is 1. The van der Waals surface area contributed by atoms with Crippen molar-refractivity contribution in [1.29, 1.82) is 0 Å². The fourth-order valence-corrected chi connectivity index (χ4v) is 3.84. The largest absolute Gasteiger partial charge is 0.339 e. The van der Waals surface area contributed by atoms with Gasteiger partial charge in [-0.05, 0) is 32.0 Å². The van der Waals surface area contributed by atoms with Gasteiger partial charge in [-0.15, -0.1) is 0 Å². The normalized spacial score (nSPS) is 14.5. The third-order valence-corrected chi connectivity index (χ3v) is 5.34. The molecule has 0 radical (unpaired) electrons. The Morgan fingerprint density at radius 2 is 1.68 bits per heavy atom. The van der Waals surface area contributed by atoms with E-state index in [1.165, 1.54) is 5.56 Å². The fraction of sp³-hybridized carbons (Fsp3) is 0.318. The summed E-state index contributed by atoms with van der Waals surface area (Å²) in [7, 11) is 0. The van der Waals surface area contributed by atoms with Crippen LogP contribution in [-0.2, 0) is 4.79 Å². The molecule has 0 saturated carbocycles. The average molecular weight is 376 g/mol. The van der Waals surface area contributed by atoms with Gasteiger partial charge in [-0.1, -0.05) is 23.8 Å². The summed E-state index contributed by atoms with van der Waals surface area (Å²) in [6, 6.07) is 12.0. The maximum Gasteiger partial charge on any atom is 0.255 e. The van der Waals surface area contributed by atoms with Gasteiger partial charge in [0.1, 0.15) is 5.65 Å². The Kier molecular flexibility index (Phi) is 4.63. The Bertz CT molecular complexity index is 1060. The molecular formula is C22H24N4O2. The van der Waals surface area contributed by atoms with E-state index in [-0.39, 0.29) is 11.8 Å². The summed E-state index contributed by atoms with van der Waals surface area (Å²) in [5.41, 5.74) is 5.68. The molecule has 4 rings (SSSR count). The summed E-state index contributed by atoms with van der Waals surface area (Å²) in [6.45, 7) is 7.92. The van der Waals surface area contributed by atoms with E-state index >= 15 is 0 Å². The molecule has 0 bridgehead atoms. The molecule has 144 valence electrons. The SMILES string of the molecule is CC(=O)N1CCN(C(=O)c2ccc3nc(C)c(-c4cccc(C)c4)n3c2)CC1. The maximum atomic E-state index is 13.0. The van der Waals surface area contributed by atoms with Crippen molar-refractivity contribution in [3.05, 3.63) is 59.4 Å². The number of pyridine rings is 1. The molecule has 0 aliphatic carbocycles. The van der Waals surface area contributed by atoms with Crippen molar-refractivity contribution in [2.75, 3.05) is 26.2 Å². The number of rotatable bonds is 2. The fourth-order valence-electron chi connectivity index (χ4n) is 3.84. The van der Waals surface area contributed by atoms with E-state index in [2.05, 4.69) is 30.1 Å². The maximum absolute atomic E-state index is 13.0. The smallest absolute Gasteiger partial charge is 0.255 e. The summed E-state index contributed by atoms with van der Waals surface area (Å²) >= 11 is 0. The number of carbonyl (C=O) groups is 2. The number of piperazine rings is 1. The van der Waals surface area contributed by atoms with Crippen LogP contribution in [0.5, 0.6) is 0 Å². The van der Waals surface area contributed by atoms with Crippen molar-refractivity contribution in [2.45, 2.75) is 20.8 Å². The lowest BCUT2D eigenvalue weighted by molar-refractivity contribution is -0.130. The zero-order valence-electron chi connectivity index (χ0n) is 16.5. The molecule has 0 atom stereocenters. The predicted molar refractivity (Wildman–Crippen MR) is 108 cm³/mol. The highest BCUT2D eigenvalue weighted by Crippen LogP contribution is 2.26. The van der Waals surface area contributed by atoms with Crippen molar-refractivity contribution in [3.8, 4) is 11.3 Å². The van der Waals surface area contributed by atoms with E-state index in [1.807, 2.05) is 40.6 Å². The highest BCUT2D eigenvalue weighted by molar-refractivity contribution is 5.94. The molecule has 1 saturated heterocycles. The van der Waals surface area contributed by atoms with E-state index in [0.29, 0.717) is 31.7 Å². The molecule has 3 heterocycles. The van der Waals surface area contributed by atoms with Crippen LogP contribution in [0.1, 0.15) is 28.5 Å². The Labute approximate surface area is 164 Å². The van der Waals surface area contributed by atoms with E-state index in [0.717, 1.165) is 22.6 Å². The van der Waals surface area contributed by atoms with Crippen LogP contribution in [-0.4, -0.2) is 57.2 Å². The second-order valence-corrected chi connectivity index (χ2v) is 7.36. The van der Waals surface area contributed by atoms with Gasteiger partial charge in [0.25, 0.3) is 5.91 Å². The van der Waals surface area contributed by atoms with Gasteiger partial charge in [0.15, 0.2) is 0 Å². The van der Waals surface area contributed by atoms with Gasteiger partial charge in [-0.25, -0.2) is 4.98 Å². The van der Waals surface area contributed by atoms with Crippen LogP contribution in [0.3, 0.4) is 0 Å². The Hall–Kier alpha value is -3.15. The highest BCUT2D eigenvalue weighted by atomic mass is 16.2. The summed E-state index contributed by atoms with van der Waals surface area (Å²) in [4.78, 5) is 32.8. The first-order valence-electron chi connectivity index (χ1n) is 9.54. The molecule has 2 aromatic heterocycles. The van der Waals surface area contributed by atoms with E-state index in [9.17, 15) is 9.59 Å². The Morgan fingerprint density at radius 1 is 0.964 bits per heavy atom. The van der Waals surface area contributed by atoms with Crippen LogP contribution in [0.4, 0.5) is 0 Å². The Balaban J connectivity index is 1.67. The molecule has 1 aliphatic heterocycles. The number of hydrogen-bond donors (Lipinski definition) is 0. The molecule has 1 fully saturated rings. The number of imidazole rings is 1. The summed E-state index contributed by atoms with van der Waals surface area (Å²) in [5, 5.41) is 0. The molecule has 6 heteroatoms. The lowest BCUT2D eigenvalue weighted by Crippen LogP contribution is -2.50. The molecular weight excluding hydrogens is 352 g/mol. The van der Waals surface area contributed by atoms with Gasteiger partial charge >= 0.3 is 0 Å². The van der Waals surface area contributed by atoms with Crippen LogP contribution >= 0.6 is 0 Å². The standard InChI is InChI=1S/C22H24N4O2/c1-15-5-4-6-18(13-15)21-16(2)23-20-8-7-19(14-26(20)21)22(28)25-11-9-24(10-12-25)17(3)27/h4-8,13-14H,9-12H2,1-3H3. The molecule has 28 heavy (non-hydrogen) atoms. The number of amides is 2. The number of aromatic nitrogens is 2.